The van der Waals surface area contributed by atoms with E-state index in [0.29, 0.717) is 18.4 Å². The maximum Gasteiger partial charge on any atom is 0.167 e. The third-order valence-electron chi connectivity index (χ3n) is 6.16. The minimum atomic E-state index is -0.00913. The highest BCUT2D eigenvalue weighted by Gasteiger charge is 2.25. The van der Waals surface area contributed by atoms with E-state index in [-0.39, 0.29) is 17.0 Å². The molecule has 0 aromatic heterocycles. The zero-order chi connectivity index (χ0) is 22.1. The summed E-state index contributed by atoms with van der Waals surface area (Å²) in [5.74, 6) is 6.02. The average Bonchev–Trinajstić information content (AvgIpc) is 3.02. The number of nitrogens with zero attached hydrogens (tertiary/aromatic N) is 1. The van der Waals surface area contributed by atoms with Crippen molar-refractivity contribution in [1.29, 1.82) is 0 Å². The van der Waals surface area contributed by atoms with E-state index < -0.39 is 0 Å². The van der Waals surface area contributed by atoms with Crippen LogP contribution in [0.5, 0.6) is 0 Å². The maximum absolute atomic E-state index is 12.1. The highest BCUT2D eigenvalue weighted by Crippen LogP contribution is 2.34. The van der Waals surface area contributed by atoms with Crippen molar-refractivity contribution in [3.8, 4) is 0 Å². The number of ketones is 1. The first-order chi connectivity index (χ1) is 14.2. The molecule has 0 aliphatic heterocycles. The van der Waals surface area contributed by atoms with Gasteiger partial charge in [-0.05, 0) is 54.0 Å². The van der Waals surface area contributed by atoms with Crippen LogP contribution in [0.25, 0.3) is 5.57 Å². The summed E-state index contributed by atoms with van der Waals surface area (Å²) < 4.78 is 0. The van der Waals surface area contributed by atoms with Gasteiger partial charge in [0.1, 0.15) is 5.76 Å². The van der Waals surface area contributed by atoms with Crippen LogP contribution in [0.2, 0.25) is 0 Å². The average molecular weight is 405 g/mol. The van der Waals surface area contributed by atoms with Crippen LogP contribution in [-0.2, 0) is 10.2 Å². The molecule has 0 unspecified atom stereocenters. The van der Waals surface area contributed by atoms with Gasteiger partial charge >= 0.3 is 0 Å². The standard InChI is InChI=1S/C26H32N2O2/c1-6-13-26(4,5)21-15-20(16(2)14-17(21)3)25(28-27)19-9-7-18(8-10-19)24-22(29)11-12-23(24)30/h7-10,14-15,29H,6,11-13,27H2,1-5H3/b28-25+. The first-order valence-corrected chi connectivity index (χ1v) is 10.7. The van der Waals surface area contributed by atoms with E-state index in [9.17, 15) is 9.90 Å². The zero-order valence-electron chi connectivity index (χ0n) is 18.7. The van der Waals surface area contributed by atoms with Crippen LogP contribution in [0.15, 0.2) is 47.3 Å². The highest BCUT2D eigenvalue weighted by atomic mass is 16.3. The molecule has 0 heterocycles. The second-order valence-electron chi connectivity index (χ2n) is 8.92. The van der Waals surface area contributed by atoms with E-state index in [0.717, 1.165) is 40.8 Å². The molecule has 1 aliphatic rings. The van der Waals surface area contributed by atoms with Crippen molar-refractivity contribution < 1.29 is 9.90 Å². The normalized spacial score (nSPS) is 15.2. The number of carbonyl (C=O) groups is 1. The molecule has 0 bridgehead atoms. The first-order valence-electron chi connectivity index (χ1n) is 10.7. The van der Waals surface area contributed by atoms with Crippen LogP contribution in [0.4, 0.5) is 0 Å². The van der Waals surface area contributed by atoms with Crippen molar-refractivity contribution in [2.24, 2.45) is 10.9 Å². The van der Waals surface area contributed by atoms with Gasteiger partial charge in [-0.15, -0.1) is 0 Å². The number of carbonyl (C=O) groups excluding carboxylic acids is 1. The molecule has 3 N–H and O–H groups in total. The smallest absolute Gasteiger partial charge is 0.167 e. The van der Waals surface area contributed by atoms with Gasteiger partial charge in [-0.3, -0.25) is 4.79 Å². The second-order valence-corrected chi connectivity index (χ2v) is 8.92. The lowest BCUT2D eigenvalue weighted by Crippen LogP contribution is -2.20. The Hall–Kier alpha value is -2.88. The number of hydrogen-bond donors (Lipinski definition) is 2. The Morgan fingerprint density at radius 1 is 1.10 bits per heavy atom. The van der Waals surface area contributed by atoms with Crippen LogP contribution >= 0.6 is 0 Å². The third kappa shape index (κ3) is 4.04. The Balaban J connectivity index is 2.03. The molecule has 4 nitrogen and oxygen atoms in total. The van der Waals surface area contributed by atoms with E-state index in [1.165, 1.54) is 11.1 Å². The van der Waals surface area contributed by atoms with Crippen LogP contribution in [0, 0.1) is 13.8 Å². The van der Waals surface area contributed by atoms with Crippen LogP contribution in [0.3, 0.4) is 0 Å². The summed E-state index contributed by atoms with van der Waals surface area (Å²) in [5, 5.41) is 14.2. The van der Waals surface area contributed by atoms with E-state index >= 15 is 0 Å². The number of benzene rings is 2. The van der Waals surface area contributed by atoms with Crippen molar-refractivity contribution in [3.63, 3.8) is 0 Å². The van der Waals surface area contributed by atoms with Gasteiger partial charge in [0.2, 0.25) is 0 Å². The van der Waals surface area contributed by atoms with Gasteiger partial charge in [0.25, 0.3) is 0 Å². The highest BCUT2D eigenvalue weighted by molar-refractivity contribution is 6.23. The molecule has 1 aliphatic carbocycles. The van der Waals surface area contributed by atoms with E-state index in [1.807, 2.05) is 24.3 Å². The molecule has 0 spiro atoms. The number of aryl methyl sites for hydroxylation is 2. The molecule has 0 saturated heterocycles. The summed E-state index contributed by atoms with van der Waals surface area (Å²) in [6.07, 6.45) is 3.02. The molecular formula is C26H32N2O2. The van der Waals surface area contributed by atoms with Gasteiger partial charge in [-0.1, -0.05) is 57.5 Å². The molecule has 0 atom stereocenters. The number of rotatable bonds is 6. The van der Waals surface area contributed by atoms with Crippen LogP contribution in [-0.4, -0.2) is 16.6 Å². The quantitative estimate of drug-likeness (QED) is 0.367. The van der Waals surface area contributed by atoms with Crippen molar-refractivity contribution >= 4 is 17.1 Å². The van der Waals surface area contributed by atoms with Crippen LogP contribution < -0.4 is 5.84 Å². The summed E-state index contributed by atoms with van der Waals surface area (Å²) in [6.45, 7) is 11.0. The number of Topliss-reactive ketones (excluding diaryl/α,β-unsaturated/α-hetero) is 1. The monoisotopic (exact) mass is 404 g/mol. The molecule has 3 rings (SSSR count). The Morgan fingerprint density at radius 3 is 2.30 bits per heavy atom. The molecule has 30 heavy (non-hydrogen) atoms. The number of hydrogen-bond acceptors (Lipinski definition) is 4. The largest absolute Gasteiger partial charge is 0.512 e. The molecule has 0 saturated carbocycles. The molecule has 2 aromatic carbocycles. The van der Waals surface area contributed by atoms with Crippen molar-refractivity contribution in [1.82, 2.24) is 0 Å². The van der Waals surface area contributed by atoms with Crippen molar-refractivity contribution in [3.05, 3.63) is 75.5 Å². The molecule has 158 valence electrons. The number of aliphatic hydroxyl groups is 1. The fourth-order valence-electron chi connectivity index (χ4n) is 4.66. The Bertz CT molecular complexity index is 1030. The minimum Gasteiger partial charge on any atom is -0.512 e. The van der Waals surface area contributed by atoms with Gasteiger partial charge in [0.15, 0.2) is 5.78 Å². The van der Waals surface area contributed by atoms with Gasteiger partial charge in [-0.25, -0.2) is 0 Å². The van der Waals surface area contributed by atoms with Crippen molar-refractivity contribution in [2.75, 3.05) is 0 Å². The van der Waals surface area contributed by atoms with Gasteiger partial charge < -0.3 is 10.9 Å². The minimum absolute atomic E-state index is 0.00913. The number of hydrazone groups is 1. The molecule has 4 heteroatoms. The lowest BCUT2D eigenvalue weighted by atomic mass is 9.76. The summed E-state index contributed by atoms with van der Waals surface area (Å²) in [7, 11) is 0. The molecule has 0 radical (unpaired) electrons. The Kier molecular flexibility index (Phi) is 6.16. The topological polar surface area (TPSA) is 75.7 Å². The van der Waals surface area contributed by atoms with Crippen LogP contribution in [0.1, 0.15) is 79.8 Å². The van der Waals surface area contributed by atoms with E-state index in [4.69, 9.17) is 5.84 Å². The lowest BCUT2D eigenvalue weighted by molar-refractivity contribution is -0.113. The van der Waals surface area contributed by atoms with E-state index in [1.54, 1.807) is 0 Å². The van der Waals surface area contributed by atoms with E-state index in [2.05, 4.69) is 51.9 Å². The molecule has 2 aromatic rings. The van der Waals surface area contributed by atoms with Gasteiger partial charge in [0, 0.05) is 24.0 Å². The lowest BCUT2D eigenvalue weighted by Gasteiger charge is -2.28. The van der Waals surface area contributed by atoms with Gasteiger partial charge in [-0.2, -0.15) is 5.10 Å². The fourth-order valence-corrected chi connectivity index (χ4v) is 4.66. The van der Waals surface area contributed by atoms with Gasteiger partial charge in [0.05, 0.1) is 11.3 Å². The summed E-state index contributed by atoms with van der Waals surface area (Å²) in [6, 6.07) is 12.0. The first kappa shape index (κ1) is 21.8. The zero-order valence-corrected chi connectivity index (χ0v) is 18.7. The number of allylic oxidation sites excluding steroid dienone is 2. The second kappa shape index (κ2) is 8.47. The number of aliphatic hydroxyl groups excluding tert-OH is 1. The predicted molar refractivity (Wildman–Crippen MR) is 124 cm³/mol. The summed E-state index contributed by atoms with van der Waals surface area (Å²) in [5.41, 5.74) is 7.59. The summed E-state index contributed by atoms with van der Waals surface area (Å²) in [4.78, 5) is 12.1. The predicted octanol–water partition coefficient (Wildman–Crippen LogP) is 5.72. The molecular weight excluding hydrogens is 372 g/mol. The fraction of sp³-hybridized carbons (Fsp3) is 0.385. The number of nitrogens with two attached hydrogens (primary N) is 1. The van der Waals surface area contributed by atoms with Crippen molar-refractivity contribution in [2.45, 2.75) is 65.7 Å². The molecule has 0 fully saturated rings. The SMILES string of the molecule is CCCC(C)(C)c1cc(/C(=N/N)c2ccc(C3=C(O)CCC3=O)cc2)c(C)cc1C. The Labute approximate surface area is 179 Å². The molecule has 0 amide bonds. The Morgan fingerprint density at radius 2 is 1.77 bits per heavy atom. The third-order valence-corrected chi connectivity index (χ3v) is 6.16. The maximum atomic E-state index is 12.1. The summed E-state index contributed by atoms with van der Waals surface area (Å²) >= 11 is 0.